The summed E-state index contributed by atoms with van der Waals surface area (Å²) in [5.41, 5.74) is 2.09. The van der Waals surface area contributed by atoms with Crippen LogP contribution in [0, 0.1) is 0 Å². The Morgan fingerprint density at radius 1 is 1.04 bits per heavy atom. The highest BCUT2D eigenvalue weighted by Gasteiger charge is 2.11. The molecule has 4 nitrogen and oxygen atoms in total. The second-order valence-corrected chi connectivity index (χ2v) is 6.87. The molecular weight excluding hydrogens is 382 g/mol. The lowest BCUT2D eigenvalue weighted by Gasteiger charge is -2.14. The smallest absolute Gasteiger partial charge is 0.310 e. The average Bonchev–Trinajstić information content (AvgIpc) is 2.61. The molecule has 0 spiro atoms. The van der Waals surface area contributed by atoms with Crippen molar-refractivity contribution in [2.45, 2.75) is 32.2 Å². The molecular formula is C20H22BrNO3. The van der Waals surface area contributed by atoms with Crippen molar-refractivity contribution in [1.29, 1.82) is 0 Å². The number of amides is 1. The molecule has 0 fully saturated rings. The van der Waals surface area contributed by atoms with Gasteiger partial charge in [0.1, 0.15) is 0 Å². The lowest BCUT2D eigenvalue weighted by molar-refractivity contribution is -0.148. The van der Waals surface area contributed by atoms with Crippen LogP contribution in [0.5, 0.6) is 0 Å². The number of carbonyl (C=O) groups excluding carboxylic acids is 2. The second-order valence-electron chi connectivity index (χ2n) is 5.96. The first-order valence-electron chi connectivity index (χ1n) is 8.26. The third-order valence-corrected chi connectivity index (χ3v) is 4.27. The molecule has 0 unspecified atom stereocenters. The average molecular weight is 404 g/mol. The predicted molar refractivity (Wildman–Crippen MR) is 101 cm³/mol. The van der Waals surface area contributed by atoms with Gasteiger partial charge in [0.05, 0.1) is 6.42 Å². The molecule has 0 aliphatic heterocycles. The number of hydrogen-bond donors (Lipinski definition) is 1. The van der Waals surface area contributed by atoms with Gasteiger partial charge in [-0.25, -0.2) is 0 Å². The van der Waals surface area contributed by atoms with Crippen LogP contribution in [-0.4, -0.2) is 24.5 Å². The minimum atomic E-state index is -0.408. The number of benzene rings is 2. The van der Waals surface area contributed by atoms with Crippen LogP contribution in [0.25, 0.3) is 0 Å². The van der Waals surface area contributed by atoms with Crippen molar-refractivity contribution in [3.05, 3.63) is 70.2 Å². The molecule has 0 heterocycles. The highest BCUT2D eigenvalue weighted by molar-refractivity contribution is 9.10. The molecule has 25 heavy (non-hydrogen) atoms. The number of aryl methyl sites for hydroxylation is 1. The Hall–Kier alpha value is -2.14. The van der Waals surface area contributed by atoms with E-state index in [0.29, 0.717) is 0 Å². The van der Waals surface area contributed by atoms with Gasteiger partial charge >= 0.3 is 5.97 Å². The lowest BCUT2D eigenvalue weighted by atomic mass is 10.1. The molecule has 0 radical (unpaired) electrons. The number of hydrogen-bond acceptors (Lipinski definition) is 3. The fourth-order valence-electron chi connectivity index (χ4n) is 2.38. The quantitative estimate of drug-likeness (QED) is 0.684. The van der Waals surface area contributed by atoms with Crippen LogP contribution in [0.2, 0.25) is 0 Å². The summed E-state index contributed by atoms with van der Waals surface area (Å²) in [6.45, 7) is 1.70. The fourth-order valence-corrected chi connectivity index (χ4v) is 2.65. The summed E-state index contributed by atoms with van der Waals surface area (Å²) in [5.74, 6) is -0.681. The number of esters is 1. The van der Waals surface area contributed by atoms with Crippen molar-refractivity contribution >= 4 is 27.8 Å². The Labute approximate surface area is 156 Å². The van der Waals surface area contributed by atoms with Gasteiger partial charge in [0.2, 0.25) is 0 Å². The molecule has 1 N–H and O–H groups in total. The van der Waals surface area contributed by atoms with E-state index in [0.717, 1.165) is 22.9 Å². The minimum absolute atomic E-state index is 0.0258. The van der Waals surface area contributed by atoms with Crippen molar-refractivity contribution in [2.75, 3.05) is 6.61 Å². The second kappa shape index (κ2) is 9.99. The molecule has 2 aromatic rings. The maximum Gasteiger partial charge on any atom is 0.310 e. The van der Waals surface area contributed by atoms with Crippen LogP contribution in [-0.2, 0) is 27.2 Å². The molecule has 1 amide bonds. The molecule has 0 saturated carbocycles. The summed E-state index contributed by atoms with van der Waals surface area (Å²) >= 11 is 3.34. The van der Waals surface area contributed by atoms with E-state index in [4.69, 9.17) is 4.74 Å². The number of halogens is 1. The van der Waals surface area contributed by atoms with E-state index in [1.54, 1.807) is 0 Å². The van der Waals surface area contributed by atoms with E-state index >= 15 is 0 Å². The van der Waals surface area contributed by atoms with Crippen molar-refractivity contribution in [3.63, 3.8) is 0 Å². The van der Waals surface area contributed by atoms with Gasteiger partial charge in [0, 0.05) is 10.5 Å². The maximum absolute atomic E-state index is 11.9. The van der Waals surface area contributed by atoms with Crippen molar-refractivity contribution in [3.8, 4) is 0 Å². The van der Waals surface area contributed by atoms with Crippen molar-refractivity contribution < 1.29 is 14.3 Å². The van der Waals surface area contributed by atoms with Crippen LogP contribution in [0.4, 0.5) is 0 Å². The first-order chi connectivity index (χ1) is 12.0. The monoisotopic (exact) mass is 403 g/mol. The first-order valence-corrected chi connectivity index (χ1v) is 9.05. The molecule has 0 aliphatic carbocycles. The van der Waals surface area contributed by atoms with E-state index in [-0.39, 0.29) is 25.0 Å². The lowest BCUT2D eigenvalue weighted by Crippen LogP contribution is -2.36. The third-order valence-electron chi connectivity index (χ3n) is 3.74. The third kappa shape index (κ3) is 7.52. The van der Waals surface area contributed by atoms with Crippen LogP contribution < -0.4 is 5.32 Å². The predicted octanol–water partition coefficient (Wildman–Crippen LogP) is 3.67. The Morgan fingerprint density at radius 3 is 2.40 bits per heavy atom. The van der Waals surface area contributed by atoms with Crippen LogP contribution in [0.1, 0.15) is 24.5 Å². The molecule has 2 aromatic carbocycles. The van der Waals surface area contributed by atoms with Crippen LogP contribution >= 0.6 is 15.9 Å². The summed E-state index contributed by atoms with van der Waals surface area (Å²) in [6, 6.07) is 17.6. The number of carbonyl (C=O) groups is 2. The molecule has 0 aliphatic rings. The minimum Gasteiger partial charge on any atom is -0.455 e. The Kier molecular flexibility index (Phi) is 7.67. The highest BCUT2D eigenvalue weighted by Crippen LogP contribution is 2.11. The van der Waals surface area contributed by atoms with Crippen LogP contribution in [0.3, 0.4) is 0 Å². The van der Waals surface area contributed by atoms with Gasteiger partial charge in [0.25, 0.3) is 5.91 Å². The zero-order valence-electron chi connectivity index (χ0n) is 14.2. The zero-order chi connectivity index (χ0) is 18.1. The molecule has 0 saturated heterocycles. The molecule has 5 heteroatoms. The van der Waals surface area contributed by atoms with Gasteiger partial charge in [-0.15, -0.1) is 0 Å². The van der Waals surface area contributed by atoms with Gasteiger partial charge in [-0.2, -0.15) is 0 Å². The van der Waals surface area contributed by atoms with E-state index in [1.807, 2.05) is 49.4 Å². The maximum atomic E-state index is 11.9. The topological polar surface area (TPSA) is 55.4 Å². The zero-order valence-corrected chi connectivity index (χ0v) is 15.8. The highest BCUT2D eigenvalue weighted by atomic mass is 79.9. The Balaban J connectivity index is 1.65. The van der Waals surface area contributed by atoms with Gasteiger partial charge in [-0.05, 0) is 43.0 Å². The van der Waals surface area contributed by atoms with Gasteiger partial charge < -0.3 is 10.1 Å². The van der Waals surface area contributed by atoms with Crippen LogP contribution in [0.15, 0.2) is 59.1 Å². The van der Waals surface area contributed by atoms with Gasteiger partial charge in [0.15, 0.2) is 6.61 Å². The standard InChI is InChI=1S/C20H22BrNO3/c1-15(7-8-16-5-3-2-4-6-16)22-19(23)14-25-20(24)13-17-9-11-18(21)12-10-17/h2-6,9-12,15H,7-8,13-14H2,1H3,(H,22,23)/t15-/m0/s1. The number of ether oxygens (including phenoxy) is 1. The molecule has 2 rings (SSSR count). The molecule has 0 bridgehead atoms. The normalized spacial score (nSPS) is 11.6. The molecule has 1 atom stereocenters. The summed E-state index contributed by atoms with van der Waals surface area (Å²) in [7, 11) is 0. The number of rotatable bonds is 8. The largest absolute Gasteiger partial charge is 0.455 e. The van der Waals surface area contributed by atoms with E-state index in [2.05, 4.69) is 33.4 Å². The van der Waals surface area contributed by atoms with Crippen molar-refractivity contribution in [2.24, 2.45) is 0 Å². The first kappa shape index (κ1) is 19.2. The summed E-state index contributed by atoms with van der Waals surface area (Å²) in [4.78, 5) is 23.7. The van der Waals surface area contributed by atoms with Gasteiger partial charge in [-0.1, -0.05) is 58.4 Å². The van der Waals surface area contributed by atoms with Gasteiger partial charge in [-0.3, -0.25) is 9.59 Å². The van der Waals surface area contributed by atoms with E-state index in [9.17, 15) is 9.59 Å². The molecule has 0 aromatic heterocycles. The Bertz CT molecular complexity index is 686. The SMILES string of the molecule is C[C@@H](CCc1ccccc1)NC(=O)COC(=O)Cc1ccc(Br)cc1. The van der Waals surface area contributed by atoms with Crippen molar-refractivity contribution in [1.82, 2.24) is 5.32 Å². The van der Waals surface area contributed by atoms with E-state index < -0.39 is 5.97 Å². The summed E-state index contributed by atoms with van der Waals surface area (Å²) in [5, 5.41) is 2.85. The fraction of sp³-hybridized carbons (Fsp3) is 0.300. The Morgan fingerprint density at radius 2 is 1.72 bits per heavy atom. The van der Waals surface area contributed by atoms with E-state index in [1.165, 1.54) is 5.56 Å². The molecule has 132 valence electrons. The summed E-state index contributed by atoms with van der Waals surface area (Å²) < 4.78 is 5.99. The summed E-state index contributed by atoms with van der Waals surface area (Å²) in [6.07, 6.45) is 1.89. The number of nitrogens with one attached hydrogen (secondary N) is 1.